The van der Waals surface area contributed by atoms with Crippen molar-refractivity contribution in [3.05, 3.63) is 58.3 Å². The minimum absolute atomic E-state index is 0.283. The first-order valence-electron chi connectivity index (χ1n) is 7.58. The highest BCUT2D eigenvalue weighted by molar-refractivity contribution is 7.15. The van der Waals surface area contributed by atoms with Gasteiger partial charge in [0.1, 0.15) is 5.75 Å². The predicted molar refractivity (Wildman–Crippen MR) is 100 cm³/mol. The van der Waals surface area contributed by atoms with Crippen molar-refractivity contribution in [3.8, 4) is 11.8 Å². The monoisotopic (exact) mass is 401 g/mol. The summed E-state index contributed by atoms with van der Waals surface area (Å²) in [5, 5.41) is 10.9. The largest absolute Gasteiger partial charge is 0.484 e. The number of amides is 2. The van der Waals surface area contributed by atoms with Crippen LogP contribution >= 0.6 is 22.9 Å². The average molecular weight is 402 g/mol. The molecular formula is C17H12ClN5O3S. The number of hydrogen-bond acceptors (Lipinski definition) is 6. The van der Waals surface area contributed by atoms with Crippen molar-refractivity contribution in [1.82, 2.24) is 20.2 Å². The fraction of sp³-hybridized carbons (Fsp3) is 0.0588. The highest BCUT2D eigenvalue weighted by Crippen LogP contribution is 2.22. The molecule has 27 heavy (non-hydrogen) atoms. The predicted octanol–water partition coefficient (Wildman–Crippen LogP) is 2.16. The van der Waals surface area contributed by atoms with Gasteiger partial charge in [-0.05, 0) is 30.3 Å². The summed E-state index contributed by atoms with van der Waals surface area (Å²) in [4.78, 5) is 28.4. The number of imidazole rings is 1. The van der Waals surface area contributed by atoms with E-state index in [9.17, 15) is 9.59 Å². The molecule has 2 aromatic heterocycles. The number of ether oxygens (including phenoxy) is 1. The van der Waals surface area contributed by atoms with Gasteiger partial charge in [0, 0.05) is 17.7 Å². The van der Waals surface area contributed by atoms with Gasteiger partial charge >= 0.3 is 0 Å². The molecule has 0 fully saturated rings. The van der Waals surface area contributed by atoms with Crippen LogP contribution in [0.5, 0.6) is 5.75 Å². The molecule has 0 aliphatic heterocycles. The highest BCUT2D eigenvalue weighted by atomic mass is 35.5. The van der Waals surface area contributed by atoms with E-state index in [4.69, 9.17) is 21.6 Å². The van der Waals surface area contributed by atoms with Gasteiger partial charge in [-0.25, -0.2) is 4.98 Å². The Balaban J connectivity index is 1.47. The molecule has 2 amide bonds. The molecule has 1 aromatic carbocycles. The molecule has 0 unspecified atom stereocenters. The number of nitriles is 1. The zero-order valence-corrected chi connectivity index (χ0v) is 15.3. The first-order chi connectivity index (χ1) is 13.1. The fourth-order valence-corrected chi connectivity index (χ4v) is 3.07. The smallest absolute Gasteiger partial charge is 0.276 e. The van der Waals surface area contributed by atoms with Crippen molar-refractivity contribution in [1.29, 1.82) is 5.26 Å². The van der Waals surface area contributed by atoms with Gasteiger partial charge < -0.3 is 4.74 Å². The maximum absolute atomic E-state index is 11.8. The SMILES string of the molecule is N#Cc1ccc(OCC(=O)NNC(=O)/C=C/c2c(Cl)nc3sccn23)cc1. The molecule has 0 aliphatic rings. The van der Waals surface area contributed by atoms with Gasteiger partial charge in [-0.3, -0.25) is 24.8 Å². The molecule has 0 saturated heterocycles. The van der Waals surface area contributed by atoms with Gasteiger partial charge in [0.05, 0.1) is 17.3 Å². The minimum atomic E-state index is -0.539. The van der Waals surface area contributed by atoms with Crippen molar-refractivity contribution in [3.63, 3.8) is 0 Å². The van der Waals surface area contributed by atoms with E-state index >= 15 is 0 Å². The molecule has 0 aliphatic carbocycles. The maximum atomic E-state index is 11.8. The summed E-state index contributed by atoms with van der Waals surface area (Å²) in [7, 11) is 0. The van der Waals surface area contributed by atoms with E-state index in [0.29, 0.717) is 22.0 Å². The van der Waals surface area contributed by atoms with Gasteiger partial charge in [0.25, 0.3) is 11.8 Å². The third-order valence-electron chi connectivity index (χ3n) is 3.33. The fourth-order valence-electron chi connectivity index (χ4n) is 2.06. The Kier molecular flexibility index (Phi) is 5.71. The van der Waals surface area contributed by atoms with Crippen LogP contribution in [-0.2, 0) is 9.59 Å². The van der Waals surface area contributed by atoms with E-state index in [2.05, 4.69) is 15.8 Å². The number of benzene rings is 1. The number of halogens is 1. The lowest BCUT2D eigenvalue weighted by Crippen LogP contribution is -2.43. The van der Waals surface area contributed by atoms with E-state index in [0.717, 1.165) is 0 Å². The third-order valence-corrected chi connectivity index (χ3v) is 4.36. The Labute approximate surface area is 162 Å². The minimum Gasteiger partial charge on any atom is -0.484 e. The van der Waals surface area contributed by atoms with Crippen LogP contribution in [0.4, 0.5) is 0 Å². The van der Waals surface area contributed by atoms with Gasteiger partial charge in [0.2, 0.25) is 0 Å². The molecule has 0 saturated carbocycles. The van der Waals surface area contributed by atoms with Gasteiger partial charge in [-0.1, -0.05) is 11.6 Å². The van der Waals surface area contributed by atoms with E-state index in [1.807, 2.05) is 11.4 Å². The molecule has 0 bridgehead atoms. The summed E-state index contributed by atoms with van der Waals surface area (Å²) in [6, 6.07) is 8.29. The molecule has 136 valence electrons. The maximum Gasteiger partial charge on any atom is 0.276 e. The van der Waals surface area contributed by atoms with Crippen LogP contribution in [0.2, 0.25) is 5.15 Å². The molecule has 0 atom stereocenters. The Morgan fingerprint density at radius 1 is 1.33 bits per heavy atom. The summed E-state index contributed by atoms with van der Waals surface area (Å²) in [5.41, 5.74) is 5.53. The van der Waals surface area contributed by atoms with Crippen molar-refractivity contribution in [2.45, 2.75) is 0 Å². The number of thiazole rings is 1. The number of carbonyl (C=O) groups is 2. The molecular weight excluding hydrogens is 390 g/mol. The number of nitrogens with one attached hydrogen (secondary N) is 2. The van der Waals surface area contributed by atoms with Gasteiger partial charge in [-0.15, -0.1) is 11.3 Å². The summed E-state index contributed by atoms with van der Waals surface area (Å²) in [6.45, 7) is -0.292. The van der Waals surface area contributed by atoms with Crippen molar-refractivity contribution in [2.75, 3.05) is 6.61 Å². The number of hydrazine groups is 1. The molecule has 3 aromatic rings. The average Bonchev–Trinajstić information content (AvgIpc) is 3.24. The van der Waals surface area contributed by atoms with E-state index in [-0.39, 0.29) is 11.8 Å². The van der Waals surface area contributed by atoms with Crippen LogP contribution in [0, 0.1) is 11.3 Å². The Morgan fingerprint density at radius 2 is 2.11 bits per heavy atom. The van der Waals surface area contributed by atoms with Crippen LogP contribution in [0.15, 0.2) is 41.9 Å². The number of fused-ring (bicyclic) bond motifs is 1. The summed E-state index contributed by atoms with van der Waals surface area (Å²) >= 11 is 7.45. The topological polar surface area (TPSA) is 109 Å². The number of nitrogens with zero attached hydrogens (tertiary/aromatic N) is 3. The zero-order chi connectivity index (χ0) is 19.2. The number of aromatic nitrogens is 2. The molecule has 0 radical (unpaired) electrons. The molecule has 2 heterocycles. The second-order valence-corrected chi connectivity index (χ2v) is 6.37. The molecule has 3 rings (SSSR count). The second-order valence-electron chi connectivity index (χ2n) is 5.14. The van der Waals surface area contributed by atoms with Crippen LogP contribution in [0.25, 0.3) is 11.0 Å². The van der Waals surface area contributed by atoms with Crippen LogP contribution in [0.1, 0.15) is 11.3 Å². The first kappa shape index (κ1) is 18.4. The third kappa shape index (κ3) is 4.63. The quantitative estimate of drug-likeness (QED) is 0.503. The van der Waals surface area contributed by atoms with Gasteiger partial charge in [0.15, 0.2) is 16.7 Å². The Hall–Kier alpha value is -3.35. The van der Waals surface area contributed by atoms with Gasteiger partial charge in [-0.2, -0.15) is 5.26 Å². The standard InChI is InChI=1S/C17H12ClN5O3S/c18-16-13(23-7-8-27-17(23)20-16)5-6-14(24)21-22-15(25)10-26-12-3-1-11(9-19)2-4-12/h1-8H,10H2,(H,21,24)(H,22,25)/b6-5+. The molecule has 2 N–H and O–H groups in total. The van der Waals surface area contributed by atoms with E-state index in [1.165, 1.54) is 23.5 Å². The lowest BCUT2D eigenvalue weighted by molar-refractivity contribution is -0.128. The molecule has 8 nitrogen and oxygen atoms in total. The normalized spacial score (nSPS) is 10.7. The van der Waals surface area contributed by atoms with Crippen molar-refractivity contribution < 1.29 is 14.3 Å². The summed E-state index contributed by atoms with van der Waals surface area (Å²) in [6.07, 6.45) is 4.53. The van der Waals surface area contributed by atoms with Crippen LogP contribution in [0.3, 0.4) is 0 Å². The number of hydrogen-bond donors (Lipinski definition) is 2. The zero-order valence-electron chi connectivity index (χ0n) is 13.7. The summed E-state index contributed by atoms with van der Waals surface area (Å²) in [5.74, 6) is -0.641. The highest BCUT2D eigenvalue weighted by Gasteiger charge is 2.09. The lowest BCUT2D eigenvalue weighted by atomic mass is 10.2. The molecule has 0 spiro atoms. The van der Waals surface area contributed by atoms with Crippen LogP contribution in [-0.4, -0.2) is 27.8 Å². The Morgan fingerprint density at radius 3 is 2.85 bits per heavy atom. The van der Waals surface area contributed by atoms with E-state index in [1.54, 1.807) is 34.9 Å². The number of carbonyl (C=O) groups excluding carboxylic acids is 2. The summed E-state index contributed by atoms with van der Waals surface area (Å²) < 4.78 is 7.01. The van der Waals surface area contributed by atoms with Crippen molar-refractivity contribution in [2.24, 2.45) is 0 Å². The first-order valence-corrected chi connectivity index (χ1v) is 8.83. The van der Waals surface area contributed by atoms with Crippen molar-refractivity contribution >= 4 is 45.8 Å². The second kappa shape index (κ2) is 8.35. The molecule has 10 heteroatoms. The lowest BCUT2D eigenvalue weighted by Gasteiger charge is -2.07. The number of rotatable bonds is 5. The Bertz CT molecular complexity index is 1050. The van der Waals surface area contributed by atoms with Crippen LogP contribution < -0.4 is 15.6 Å². The van der Waals surface area contributed by atoms with E-state index < -0.39 is 11.8 Å².